The van der Waals surface area contributed by atoms with Crippen molar-refractivity contribution in [3.05, 3.63) is 0 Å². The highest BCUT2D eigenvalue weighted by atomic mass is 16.6. The Hall–Kier alpha value is -1.14. The fraction of sp³-hybridized carbons (Fsp3) is 0.857. The summed E-state index contributed by atoms with van der Waals surface area (Å²) in [6.45, 7) is 5.77. The quantitative estimate of drug-likeness (QED) is 0.638. The van der Waals surface area contributed by atoms with Crippen LogP contribution in [0.3, 0.4) is 0 Å². The Morgan fingerprint density at radius 3 is 1.85 bits per heavy atom. The largest absolute Gasteiger partial charge is 0.466 e. The van der Waals surface area contributed by atoms with E-state index >= 15 is 0 Å². The van der Waals surface area contributed by atoms with Crippen LogP contribution in [0.4, 0.5) is 0 Å². The van der Waals surface area contributed by atoms with Crippen LogP contribution < -0.4 is 0 Å². The van der Waals surface area contributed by atoms with E-state index in [1.54, 1.807) is 27.7 Å². The maximum absolute atomic E-state index is 12.0. The van der Waals surface area contributed by atoms with Gasteiger partial charge in [0.2, 0.25) is 0 Å². The molecule has 0 aromatic rings. The van der Waals surface area contributed by atoms with E-state index in [4.69, 9.17) is 9.47 Å². The molecule has 0 N–H and O–H groups in total. The van der Waals surface area contributed by atoms with Crippen molar-refractivity contribution in [2.75, 3.05) is 19.8 Å². The minimum absolute atomic E-state index is 0.104. The van der Waals surface area contributed by atoms with Gasteiger partial charge >= 0.3 is 11.9 Å². The number of rotatable bonds is 8. The van der Waals surface area contributed by atoms with E-state index in [1.165, 1.54) is 0 Å². The fourth-order valence-electron chi connectivity index (χ4n) is 1.91. The Balaban J connectivity index is 5.08. The van der Waals surface area contributed by atoms with Gasteiger partial charge in [-0.2, -0.15) is 0 Å². The van der Waals surface area contributed by atoms with Crippen molar-refractivity contribution in [1.29, 1.82) is 0 Å². The molecule has 0 aliphatic rings. The van der Waals surface area contributed by atoms with Crippen LogP contribution in [-0.4, -0.2) is 37.4 Å². The average Bonchev–Trinajstić information content (AvgIpc) is 2.26. The molecule has 0 saturated carbocycles. The maximum atomic E-state index is 12.0. The van der Waals surface area contributed by atoms with Crippen molar-refractivity contribution in [2.45, 2.75) is 52.6 Å². The number of ether oxygens (including phenoxy) is 2. The summed E-state index contributed by atoms with van der Waals surface area (Å²) in [5.74, 6) is -1.27. The molecule has 0 aromatic carbocycles. The smallest absolute Gasteiger partial charge is 0.312 e. The minimum atomic E-state index is -1.36. The topological polar surface area (TPSA) is 92.4 Å². The van der Waals surface area contributed by atoms with E-state index in [-0.39, 0.29) is 25.9 Å². The molecule has 0 rings (SSSR count). The standard InChI is InChI=1S/C14H24O6/c1-5-19-12(18)14(6-8-15,7-9-16)10-11(17)20-13(2,3)4/h5-10H2,1-4H3. The Kier molecular flexibility index (Phi) is 7.75. The highest BCUT2D eigenvalue weighted by Gasteiger charge is 2.42. The number of hydrogen-bond acceptors (Lipinski definition) is 4. The van der Waals surface area contributed by atoms with Gasteiger partial charge < -0.3 is 9.47 Å². The van der Waals surface area contributed by atoms with E-state index in [1.807, 2.05) is 0 Å². The summed E-state index contributed by atoms with van der Waals surface area (Å²) >= 11 is 0. The van der Waals surface area contributed by atoms with Crippen LogP contribution >= 0.6 is 0 Å². The molecule has 20 heavy (non-hydrogen) atoms. The van der Waals surface area contributed by atoms with Gasteiger partial charge in [-0.15, -0.1) is 0 Å². The van der Waals surface area contributed by atoms with Crippen molar-refractivity contribution >= 4 is 11.9 Å². The van der Waals surface area contributed by atoms with Crippen molar-refractivity contribution in [1.82, 2.24) is 0 Å². The summed E-state index contributed by atoms with van der Waals surface area (Å²) < 4.78 is 10.1. The van der Waals surface area contributed by atoms with Gasteiger partial charge in [0.15, 0.2) is 0 Å². The fourth-order valence-corrected chi connectivity index (χ4v) is 1.91. The van der Waals surface area contributed by atoms with Crippen molar-refractivity contribution in [3.63, 3.8) is 0 Å². The first-order chi connectivity index (χ1) is 9.20. The first-order valence-electron chi connectivity index (χ1n) is 6.76. The molecule has 2 radical (unpaired) electrons. The first kappa shape index (κ1) is 18.9. The minimum Gasteiger partial charge on any atom is -0.466 e. The Morgan fingerprint density at radius 2 is 1.50 bits per heavy atom. The second-order valence-corrected chi connectivity index (χ2v) is 5.67. The van der Waals surface area contributed by atoms with Crippen LogP contribution in [0.5, 0.6) is 0 Å². The van der Waals surface area contributed by atoms with Gasteiger partial charge in [0.1, 0.15) is 5.60 Å². The average molecular weight is 288 g/mol. The van der Waals surface area contributed by atoms with Crippen LogP contribution in [0.25, 0.3) is 0 Å². The Morgan fingerprint density at radius 1 is 1.00 bits per heavy atom. The van der Waals surface area contributed by atoms with Crippen LogP contribution in [0.1, 0.15) is 47.0 Å². The van der Waals surface area contributed by atoms with Crippen molar-refractivity contribution in [3.8, 4) is 0 Å². The first-order valence-corrected chi connectivity index (χ1v) is 6.76. The SMILES string of the molecule is CCOC(=O)C(CC[O])(CC[O])CC(=O)OC(C)(C)C. The lowest BCUT2D eigenvalue weighted by Crippen LogP contribution is -2.39. The number of esters is 2. The van der Waals surface area contributed by atoms with Gasteiger partial charge in [0.25, 0.3) is 0 Å². The lowest BCUT2D eigenvalue weighted by Gasteiger charge is -2.30. The summed E-state index contributed by atoms with van der Waals surface area (Å²) in [7, 11) is 0. The van der Waals surface area contributed by atoms with Gasteiger partial charge in [-0.05, 0) is 40.5 Å². The lowest BCUT2D eigenvalue weighted by atomic mass is 9.78. The van der Waals surface area contributed by atoms with Gasteiger partial charge in [0.05, 0.1) is 31.7 Å². The van der Waals surface area contributed by atoms with Crippen molar-refractivity contribution in [2.24, 2.45) is 5.41 Å². The molecule has 116 valence electrons. The molecule has 6 nitrogen and oxygen atoms in total. The van der Waals surface area contributed by atoms with E-state index in [0.29, 0.717) is 0 Å². The maximum Gasteiger partial charge on any atom is 0.312 e. The monoisotopic (exact) mass is 288 g/mol. The molecular formula is C14H24O6. The molecule has 0 spiro atoms. The molecule has 0 heterocycles. The molecule has 0 saturated heterocycles. The highest BCUT2D eigenvalue weighted by molar-refractivity contribution is 5.83. The van der Waals surface area contributed by atoms with E-state index < -0.39 is 36.2 Å². The third-order valence-corrected chi connectivity index (χ3v) is 2.77. The number of carbonyl (C=O) groups is 2. The van der Waals surface area contributed by atoms with Gasteiger partial charge in [-0.25, -0.2) is 10.2 Å². The second kappa shape index (κ2) is 8.21. The number of hydrogen-bond donors (Lipinski definition) is 0. The third kappa shape index (κ3) is 6.34. The number of carbonyl (C=O) groups excluding carboxylic acids is 2. The molecule has 0 bridgehead atoms. The zero-order valence-electron chi connectivity index (χ0n) is 12.7. The molecule has 0 amide bonds. The highest BCUT2D eigenvalue weighted by Crippen LogP contribution is 2.33. The Bertz CT molecular complexity index is 312. The zero-order valence-corrected chi connectivity index (χ0v) is 12.7. The van der Waals surface area contributed by atoms with E-state index in [2.05, 4.69) is 0 Å². The second-order valence-electron chi connectivity index (χ2n) is 5.67. The van der Waals surface area contributed by atoms with E-state index in [0.717, 1.165) is 0 Å². The summed E-state index contributed by atoms with van der Waals surface area (Å²) in [5, 5.41) is 21.9. The molecule has 0 aromatic heterocycles. The normalized spacial score (nSPS) is 12.1. The molecule has 6 heteroatoms. The summed E-state index contributed by atoms with van der Waals surface area (Å²) in [6.07, 6.45) is -0.506. The van der Waals surface area contributed by atoms with Gasteiger partial charge in [0, 0.05) is 0 Å². The molecular weight excluding hydrogens is 264 g/mol. The molecule has 0 unspecified atom stereocenters. The predicted octanol–water partition coefficient (Wildman–Crippen LogP) is 1.91. The Labute approximate surface area is 120 Å². The summed E-state index contributed by atoms with van der Waals surface area (Å²) in [5.41, 5.74) is -2.05. The van der Waals surface area contributed by atoms with Crippen LogP contribution in [0.15, 0.2) is 0 Å². The van der Waals surface area contributed by atoms with Gasteiger partial charge in [-0.1, -0.05) is 0 Å². The van der Waals surface area contributed by atoms with Crippen molar-refractivity contribution < 1.29 is 29.3 Å². The summed E-state index contributed by atoms with van der Waals surface area (Å²) in [4.78, 5) is 23.9. The van der Waals surface area contributed by atoms with Gasteiger partial charge in [-0.3, -0.25) is 9.59 Å². The van der Waals surface area contributed by atoms with Crippen LogP contribution in [0, 0.1) is 5.41 Å². The molecule has 0 atom stereocenters. The van der Waals surface area contributed by atoms with Crippen LogP contribution in [0.2, 0.25) is 0 Å². The zero-order chi connectivity index (χ0) is 15.8. The predicted molar refractivity (Wildman–Crippen MR) is 69.9 cm³/mol. The molecule has 0 fully saturated rings. The molecule has 0 aliphatic carbocycles. The molecule has 0 aliphatic heterocycles. The lowest BCUT2D eigenvalue weighted by molar-refractivity contribution is -0.170. The summed E-state index contributed by atoms with van der Waals surface area (Å²) in [6, 6.07) is 0. The van der Waals surface area contributed by atoms with Crippen LogP contribution in [-0.2, 0) is 29.3 Å². The third-order valence-electron chi connectivity index (χ3n) is 2.77. The van der Waals surface area contributed by atoms with E-state index in [9.17, 15) is 19.8 Å².